The van der Waals surface area contributed by atoms with E-state index in [0.717, 1.165) is 42.1 Å². The summed E-state index contributed by atoms with van der Waals surface area (Å²) in [5, 5.41) is 3.77. The zero-order valence-electron chi connectivity index (χ0n) is 19.3. The average Bonchev–Trinajstić information content (AvgIpc) is 2.82. The number of amides is 2. The van der Waals surface area contributed by atoms with Crippen molar-refractivity contribution in [1.82, 2.24) is 10.2 Å². The summed E-state index contributed by atoms with van der Waals surface area (Å²) < 4.78 is 6.63. The Labute approximate surface area is 210 Å². The van der Waals surface area contributed by atoms with Crippen molar-refractivity contribution in [2.45, 2.75) is 71.0 Å². The third kappa shape index (κ3) is 7.47. The average molecular weight is 536 g/mol. The molecule has 2 aromatic carbocycles. The number of carbonyl (C=O) groups is 2. The van der Waals surface area contributed by atoms with Crippen molar-refractivity contribution in [2.75, 3.05) is 6.61 Å². The van der Waals surface area contributed by atoms with E-state index in [2.05, 4.69) is 28.2 Å². The predicted octanol–water partition coefficient (Wildman–Crippen LogP) is 5.91. The number of hydrogen-bond acceptors (Lipinski definition) is 3. The van der Waals surface area contributed by atoms with Crippen molar-refractivity contribution >= 4 is 39.3 Å². The van der Waals surface area contributed by atoms with E-state index < -0.39 is 6.04 Å². The standard InChI is InChI=1S/C26H32BrClN2O3/c1-3-19-11-14-24(23(27)15-19)33-17-25(31)30(16-20-9-12-21(28)13-10-20)18(2)26(32)29-22-7-5-4-6-8-22/h9-15,18,22H,3-8,16-17H2,1-2H3,(H,29,32)/t18-/m1/s1. The molecule has 7 heteroatoms. The molecule has 1 aliphatic carbocycles. The largest absolute Gasteiger partial charge is 0.483 e. The topological polar surface area (TPSA) is 58.6 Å². The molecule has 0 bridgehead atoms. The maximum absolute atomic E-state index is 13.2. The minimum atomic E-state index is -0.621. The zero-order valence-corrected chi connectivity index (χ0v) is 21.6. The van der Waals surface area contributed by atoms with Crippen molar-refractivity contribution in [3.8, 4) is 5.75 Å². The van der Waals surface area contributed by atoms with Gasteiger partial charge in [0.1, 0.15) is 11.8 Å². The molecule has 0 spiro atoms. The van der Waals surface area contributed by atoms with Crippen LogP contribution in [0.3, 0.4) is 0 Å². The van der Waals surface area contributed by atoms with Gasteiger partial charge in [0.25, 0.3) is 5.91 Å². The molecule has 0 unspecified atom stereocenters. The minimum absolute atomic E-state index is 0.127. The molecule has 2 amide bonds. The van der Waals surface area contributed by atoms with Gasteiger partial charge in [-0.25, -0.2) is 0 Å². The number of halogens is 2. The van der Waals surface area contributed by atoms with Gasteiger partial charge in [-0.3, -0.25) is 9.59 Å². The van der Waals surface area contributed by atoms with Gasteiger partial charge in [-0.05, 0) is 77.5 Å². The molecule has 33 heavy (non-hydrogen) atoms. The van der Waals surface area contributed by atoms with E-state index in [1.165, 1.54) is 12.0 Å². The van der Waals surface area contributed by atoms with Crippen LogP contribution in [0.2, 0.25) is 5.02 Å². The fourth-order valence-electron chi connectivity index (χ4n) is 4.04. The quantitative estimate of drug-likeness (QED) is 0.434. The third-order valence-corrected chi connectivity index (χ3v) is 7.01. The second-order valence-electron chi connectivity index (χ2n) is 8.57. The fourth-order valence-corrected chi connectivity index (χ4v) is 4.71. The van der Waals surface area contributed by atoms with Crippen LogP contribution in [0, 0.1) is 0 Å². The second kappa shape index (κ2) is 12.4. The summed E-state index contributed by atoms with van der Waals surface area (Å²) in [4.78, 5) is 27.8. The Morgan fingerprint density at radius 1 is 1.12 bits per heavy atom. The highest BCUT2D eigenvalue weighted by atomic mass is 79.9. The molecule has 3 rings (SSSR count). The van der Waals surface area contributed by atoms with Crippen LogP contribution < -0.4 is 10.1 Å². The highest BCUT2D eigenvalue weighted by molar-refractivity contribution is 9.10. The maximum atomic E-state index is 13.2. The summed E-state index contributed by atoms with van der Waals surface area (Å²) in [5.41, 5.74) is 2.08. The van der Waals surface area contributed by atoms with Crippen LogP contribution in [0.15, 0.2) is 46.9 Å². The summed E-state index contributed by atoms with van der Waals surface area (Å²) in [6, 6.07) is 12.7. The lowest BCUT2D eigenvalue weighted by Crippen LogP contribution is -2.51. The highest BCUT2D eigenvalue weighted by Gasteiger charge is 2.28. The molecule has 1 atom stereocenters. The molecule has 2 aromatic rings. The smallest absolute Gasteiger partial charge is 0.261 e. The van der Waals surface area contributed by atoms with Crippen LogP contribution in [0.25, 0.3) is 0 Å². The summed E-state index contributed by atoms with van der Waals surface area (Å²) in [7, 11) is 0. The van der Waals surface area contributed by atoms with Gasteiger partial charge in [0.15, 0.2) is 6.61 Å². The number of rotatable bonds is 9. The Morgan fingerprint density at radius 2 is 1.79 bits per heavy atom. The van der Waals surface area contributed by atoms with Crippen LogP contribution in [0.5, 0.6) is 5.75 Å². The first-order valence-corrected chi connectivity index (χ1v) is 12.8. The summed E-state index contributed by atoms with van der Waals surface area (Å²) >= 11 is 9.53. The predicted molar refractivity (Wildman–Crippen MR) is 135 cm³/mol. The van der Waals surface area contributed by atoms with Crippen LogP contribution in [0.1, 0.15) is 57.1 Å². The minimum Gasteiger partial charge on any atom is -0.483 e. The Hall–Kier alpha value is -2.05. The molecule has 0 saturated heterocycles. The van der Waals surface area contributed by atoms with Gasteiger partial charge in [-0.2, -0.15) is 0 Å². The molecule has 1 aliphatic rings. The lowest BCUT2D eigenvalue weighted by molar-refractivity contribution is -0.142. The number of ether oxygens (including phenoxy) is 1. The first kappa shape index (κ1) is 25.6. The summed E-state index contributed by atoms with van der Waals surface area (Å²) in [6.07, 6.45) is 6.39. The van der Waals surface area contributed by atoms with Crippen molar-refractivity contribution < 1.29 is 14.3 Å². The maximum Gasteiger partial charge on any atom is 0.261 e. The Morgan fingerprint density at radius 3 is 2.42 bits per heavy atom. The first-order chi connectivity index (χ1) is 15.9. The van der Waals surface area contributed by atoms with E-state index in [1.807, 2.05) is 30.3 Å². The van der Waals surface area contributed by atoms with E-state index >= 15 is 0 Å². The fraction of sp³-hybridized carbons (Fsp3) is 0.462. The first-order valence-electron chi connectivity index (χ1n) is 11.6. The van der Waals surface area contributed by atoms with E-state index in [9.17, 15) is 9.59 Å². The third-order valence-electron chi connectivity index (χ3n) is 6.14. The van der Waals surface area contributed by atoms with Crippen molar-refractivity contribution in [1.29, 1.82) is 0 Å². The van der Waals surface area contributed by atoms with Crippen LogP contribution in [0.4, 0.5) is 0 Å². The molecule has 0 radical (unpaired) electrons. The lowest BCUT2D eigenvalue weighted by atomic mass is 9.95. The normalized spacial score (nSPS) is 15.0. The van der Waals surface area contributed by atoms with E-state index in [1.54, 1.807) is 24.0 Å². The van der Waals surface area contributed by atoms with Gasteiger partial charge in [0, 0.05) is 17.6 Å². The lowest BCUT2D eigenvalue weighted by Gasteiger charge is -2.31. The molecule has 0 aromatic heterocycles. The molecule has 1 saturated carbocycles. The number of carbonyl (C=O) groups excluding carboxylic acids is 2. The van der Waals surface area contributed by atoms with E-state index in [4.69, 9.17) is 16.3 Å². The molecular formula is C26H32BrClN2O3. The van der Waals surface area contributed by atoms with Crippen molar-refractivity contribution in [3.05, 3.63) is 63.1 Å². The highest BCUT2D eigenvalue weighted by Crippen LogP contribution is 2.26. The Bertz CT molecular complexity index is 945. The number of hydrogen-bond donors (Lipinski definition) is 1. The SMILES string of the molecule is CCc1ccc(OCC(=O)N(Cc2ccc(Cl)cc2)[C@H](C)C(=O)NC2CCCCC2)c(Br)c1. The Kier molecular flexibility index (Phi) is 9.63. The van der Waals surface area contributed by atoms with Crippen LogP contribution in [-0.2, 0) is 22.6 Å². The number of nitrogens with one attached hydrogen (secondary N) is 1. The molecular weight excluding hydrogens is 504 g/mol. The van der Waals surface area contributed by atoms with Crippen molar-refractivity contribution in [3.63, 3.8) is 0 Å². The van der Waals surface area contributed by atoms with Crippen molar-refractivity contribution in [2.24, 2.45) is 0 Å². The summed E-state index contributed by atoms with van der Waals surface area (Å²) in [6.45, 7) is 4.01. The van der Waals surface area contributed by atoms with Gasteiger partial charge in [-0.15, -0.1) is 0 Å². The van der Waals surface area contributed by atoms with Gasteiger partial charge >= 0.3 is 0 Å². The molecule has 5 nitrogen and oxygen atoms in total. The van der Waals surface area contributed by atoms with E-state index in [-0.39, 0.29) is 24.5 Å². The molecule has 0 aliphatic heterocycles. The van der Waals surface area contributed by atoms with Gasteiger partial charge < -0.3 is 15.0 Å². The molecule has 178 valence electrons. The monoisotopic (exact) mass is 534 g/mol. The van der Waals surface area contributed by atoms with Gasteiger partial charge in [-0.1, -0.05) is 56.0 Å². The van der Waals surface area contributed by atoms with Gasteiger partial charge in [0.2, 0.25) is 5.91 Å². The van der Waals surface area contributed by atoms with E-state index in [0.29, 0.717) is 17.3 Å². The molecule has 1 N–H and O–H groups in total. The van der Waals surface area contributed by atoms with Gasteiger partial charge in [0.05, 0.1) is 4.47 Å². The second-order valence-corrected chi connectivity index (χ2v) is 9.87. The Balaban J connectivity index is 1.71. The summed E-state index contributed by atoms with van der Waals surface area (Å²) in [5.74, 6) is 0.228. The number of nitrogens with zero attached hydrogens (tertiary/aromatic N) is 1. The zero-order chi connectivity index (χ0) is 23.8. The molecule has 0 heterocycles. The number of benzene rings is 2. The van der Waals surface area contributed by atoms with Crippen LogP contribution >= 0.6 is 27.5 Å². The molecule has 1 fully saturated rings. The number of aryl methyl sites for hydroxylation is 1. The van der Waals surface area contributed by atoms with Crippen LogP contribution in [-0.4, -0.2) is 35.4 Å².